The van der Waals surface area contributed by atoms with Crippen molar-refractivity contribution in [2.24, 2.45) is 0 Å². The molecular formula is C20H24F3N5O2. The topological polar surface area (TPSA) is 89.0 Å². The predicted molar refractivity (Wildman–Crippen MR) is 106 cm³/mol. The lowest BCUT2D eigenvalue weighted by atomic mass is 9.94. The van der Waals surface area contributed by atoms with E-state index in [1.807, 2.05) is 13.8 Å². The summed E-state index contributed by atoms with van der Waals surface area (Å²) in [6.45, 7) is 5.74. The van der Waals surface area contributed by atoms with Gasteiger partial charge < -0.3 is 15.4 Å². The lowest BCUT2D eigenvalue weighted by molar-refractivity contribution is -0.114. The maximum atomic E-state index is 13.9. The largest absolute Gasteiger partial charge is 0.486 e. The van der Waals surface area contributed by atoms with Gasteiger partial charge in [-0.05, 0) is 5.92 Å². The first-order valence-corrected chi connectivity index (χ1v) is 9.64. The molecule has 2 aromatic rings. The Morgan fingerprint density at radius 2 is 1.93 bits per heavy atom. The molecule has 1 fully saturated rings. The second kappa shape index (κ2) is 8.45. The van der Waals surface area contributed by atoms with Crippen LogP contribution in [0.1, 0.15) is 58.0 Å². The maximum absolute atomic E-state index is 13.9. The molecule has 0 aromatic carbocycles. The lowest BCUT2D eigenvalue weighted by Gasteiger charge is -2.30. The van der Waals surface area contributed by atoms with Crippen LogP contribution < -0.4 is 15.4 Å². The second-order valence-electron chi connectivity index (χ2n) is 7.73. The van der Waals surface area contributed by atoms with Gasteiger partial charge in [-0.15, -0.1) is 0 Å². The summed E-state index contributed by atoms with van der Waals surface area (Å²) in [6, 6.07) is 3.08. The highest BCUT2D eigenvalue weighted by Gasteiger charge is 2.32. The number of carbonyl (C=O) groups excluding carboxylic acids is 1. The van der Waals surface area contributed by atoms with Crippen LogP contribution in [0.4, 0.5) is 30.5 Å². The van der Waals surface area contributed by atoms with E-state index in [1.54, 1.807) is 6.07 Å². The van der Waals surface area contributed by atoms with E-state index >= 15 is 0 Å². The van der Waals surface area contributed by atoms with Gasteiger partial charge in [-0.25, -0.2) is 19.3 Å². The molecule has 2 N–H and O–H groups in total. The second-order valence-corrected chi connectivity index (χ2v) is 7.73. The fraction of sp³-hybridized carbons (Fsp3) is 0.500. The zero-order valence-electron chi connectivity index (χ0n) is 17.2. The van der Waals surface area contributed by atoms with Crippen molar-refractivity contribution in [3.63, 3.8) is 0 Å². The zero-order valence-corrected chi connectivity index (χ0v) is 17.2. The highest BCUT2D eigenvalue weighted by atomic mass is 19.3. The summed E-state index contributed by atoms with van der Waals surface area (Å²) in [4.78, 5) is 23.4. The van der Waals surface area contributed by atoms with Crippen molar-refractivity contribution in [3.05, 3.63) is 29.8 Å². The minimum absolute atomic E-state index is 0.103. The number of rotatable bonds is 7. The van der Waals surface area contributed by atoms with Crippen LogP contribution in [-0.2, 0) is 10.7 Å². The van der Waals surface area contributed by atoms with Gasteiger partial charge in [0.15, 0.2) is 5.75 Å². The number of hydrogen-bond acceptors (Lipinski definition) is 6. The number of aromatic nitrogens is 3. The molecule has 10 heteroatoms. The van der Waals surface area contributed by atoms with Crippen LogP contribution in [0.25, 0.3) is 0 Å². The summed E-state index contributed by atoms with van der Waals surface area (Å²) in [5.74, 6) is -3.56. The van der Waals surface area contributed by atoms with E-state index in [0.29, 0.717) is 17.1 Å². The molecule has 2 heterocycles. The molecule has 2 aromatic heterocycles. The van der Waals surface area contributed by atoms with Crippen LogP contribution in [0.5, 0.6) is 5.75 Å². The molecule has 0 spiro atoms. The van der Waals surface area contributed by atoms with Crippen molar-refractivity contribution in [3.8, 4) is 5.75 Å². The molecule has 30 heavy (non-hydrogen) atoms. The molecule has 0 atom stereocenters. The zero-order chi connectivity index (χ0) is 22.1. The van der Waals surface area contributed by atoms with Gasteiger partial charge in [-0.3, -0.25) is 4.79 Å². The van der Waals surface area contributed by atoms with Crippen molar-refractivity contribution in [1.29, 1.82) is 0 Å². The summed E-state index contributed by atoms with van der Waals surface area (Å²) in [6.07, 6.45) is 0.719. The number of pyridine rings is 1. The number of alkyl halides is 3. The van der Waals surface area contributed by atoms with Crippen LogP contribution in [0.3, 0.4) is 0 Å². The highest BCUT2D eigenvalue weighted by Crippen LogP contribution is 2.35. The Bertz CT molecular complexity index is 927. The number of anilines is 3. The standard InChI is InChI=1S/C20H24F3N5O2/c1-10(2)14-7-18(28-19(27-14)20(4,22)23)26-15-8-17(25-11(3)29)24-9-16(15)30-13-5-12(21)6-13/h7-10,12-13H,5-6H2,1-4H3,(H2,24,25,26,27,28,29). The van der Waals surface area contributed by atoms with E-state index in [4.69, 9.17) is 4.74 Å². The number of amides is 1. The van der Waals surface area contributed by atoms with Gasteiger partial charge in [0.05, 0.1) is 11.9 Å². The fourth-order valence-corrected chi connectivity index (χ4v) is 2.82. The molecule has 7 nitrogen and oxygen atoms in total. The van der Waals surface area contributed by atoms with Crippen molar-refractivity contribution < 1.29 is 22.7 Å². The first kappa shape index (κ1) is 21.8. The molecule has 1 saturated carbocycles. The Kier molecular flexibility index (Phi) is 6.14. The molecule has 0 bridgehead atoms. The summed E-state index contributed by atoms with van der Waals surface area (Å²) in [5, 5.41) is 5.52. The summed E-state index contributed by atoms with van der Waals surface area (Å²) >= 11 is 0. The molecule has 3 rings (SSSR count). The average molecular weight is 423 g/mol. The first-order chi connectivity index (χ1) is 14.0. The molecule has 1 aliphatic rings. The number of nitrogens with one attached hydrogen (secondary N) is 2. The van der Waals surface area contributed by atoms with E-state index < -0.39 is 17.9 Å². The van der Waals surface area contributed by atoms with Gasteiger partial charge in [-0.2, -0.15) is 8.78 Å². The molecule has 162 valence electrons. The first-order valence-electron chi connectivity index (χ1n) is 9.64. The van der Waals surface area contributed by atoms with E-state index in [0.717, 1.165) is 6.92 Å². The average Bonchev–Trinajstić information content (AvgIpc) is 2.60. The van der Waals surface area contributed by atoms with Crippen molar-refractivity contribution in [1.82, 2.24) is 15.0 Å². The molecule has 0 aliphatic heterocycles. The Labute approximate surface area is 172 Å². The Morgan fingerprint density at radius 1 is 1.23 bits per heavy atom. The van der Waals surface area contributed by atoms with Crippen LogP contribution in [-0.4, -0.2) is 33.1 Å². The third kappa shape index (κ3) is 5.37. The van der Waals surface area contributed by atoms with Crippen LogP contribution in [0.15, 0.2) is 18.3 Å². The third-order valence-corrected chi connectivity index (χ3v) is 4.50. The van der Waals surface area contributed by atoms with Gasteiger partial charge in [0, 0.05) is 44.5 Å². The fourth-order valence-electron chi connectivity index (χ4n) is 2.82. The number of ether oxygens (including phenoxy) is 1. The number of nitrogens with zero attached hydrogens (tertiary/aromatic N) is 3. The molecule has 0 radical (unpaired) electrons. The van der Waals surface area contributed by atoms with Gasteiger partial charge in [0.2, 0.25) is 11.7 Å². The number of halogens is 3. The molecule has 1 amide bonds. The van der Waals surface area contributed by atoms with Crippen LogP contribution in [0, 0.1) is 0 Å². The third-order valence-electron chi connectivity index (χ3n) is 4.50. The van der Waals surface area contributed by atoms with E-state index in [-0.39, 0.29) is 42.4 Å². The SMILES string of the molecule is CC(=O)Nc1cc(Nc2cc(C(C)C)nc(C(C)(F)F)n2)c(OC2CC(F)C2)cn1. The summed E-state index contributed by atoms with van der Waals surface area (Å²) in [7, 11) is 0. The van der Waals surface area contributed by atoms with Gasteiger partial charge >= 0.3 is 5.92 Å². The number of hydrogen-bond donors (Lipinski definition) is 2. The van der Waals surface area contributed by atoms with Crippen molar-refractivity contribution in [2.75, 3.05) is 10.6 Å². The van der Waals surface area contributed by atoms with E-state index in [2.05, 4.69) is 25.6 Å². The number of carbonyl (C=O) groups is 1. The predicted octanol–water partition coefficient (Wildman–Crippen LogP) is 4.69. The highest BCUT2D eigenvalue weighted by molar-refractivity contribution is 5.88. The normalized spacial score (nSPS) is 18.7. The minimum Gasteiger partial charge on any atom is -0.486 e. The minimum atomic E-state index is -3.22. The molecule has 0 unspecified atom stereocenters. The summed E-state index contributed by atoms with van der Waals surface area (Å²) < 4.78 is 46.7. The van der Waals surface area contributed by atoms with Crippen LogP contribution >= 0.6 is 0 Å². The summed E-state index contributed by atoms with van der Waals surface area (Å²) in [5.41, 5.74) is 0.803. The van der Waals surface area contributed by atoms with Gasteiger partial charge in [0.25, 0.3) is 0 Å². The molecule has 1 aliphatic carbocycles. The van der Waals surface area contributed by atoms with Crippen molar-refractivity contribution in [2.45, 2.75) is 64.7 Å². The quantitative estimate of drug-likeness (QED) is 0.672. The van der Waals surface area contributed by atoms with Crippen LogP contribution in [0.2, 0.25) is 0 Å². The Balaban J connectivity index is 1.96. The van der Waals surface area contributed by atoms with E-state index in [1.165, 1.54) is 19.2 Å². The van der Waals surface area contributed by atoms with Gasteiger partial charge in [0.1, 0.15) is 23.9 Å². The monoisotopic (exact) mass is 423 g/mol. The Morgan fingerprint density at radius 3 is 2.50 bits per heavy atom. The van der Waals surface area contributed by atoms with E-state index in [9.17, 15) is 18.0 Å². The molecular weight excluding hydrogens is 399 g/mol. The maximum Gasteiger partial charge on any atom is 0.303 e. The smallest absolute Gasteiger partial charge is 0.303 e. The lowest BCUT2D eigenvalue weighted by Crippen LogP contribution is -2.35. The van der Waals surface area contributed by atoms with Crippen molar-refractivity contribution >= 4 is 23.2 Å². The van der Waals surface area contributed by atoms with Gasteiger partial charge in [-0.1, -0.05) is 13.8 Å². The Hall–Kier alpha value is -2.91. The molecule has 0 saturated heterocycles.